The maximum absolute atomic E-state index is 13.3. The predicted octanol–water partition coefficient (Wildman–Crippen LogP) is 4.26. The molecule has 4 rings (SSSR count). The smallest absolute Gasteiger partial charge is 0.248 e. The first-order chi connectivity index (χ1) is 14.3. The molecule has 5 nitrogen and oxygen atoms in total. The molecular formula is C23H23FN2O3S. The first kappa shape index (κ1) is 20.3. The van der Waals surface area contributed by atoms with Crippen molar-refractivity contribution >= 4 is 38.1 Å². The van der Waals surface area contributed by atoms with Gasteiger partial charge in [0.05, 0.1) is 11.9 Å². The fourth-order valence-corrected chi connectivity index (χ4v) is 5.43. The Morgan fingerprint density at radius 2 is 1.73 bits per heavy atom. The van der Waals surface area contributed by atoms with Crippen molar-refractivity contribution in [2.75, 3.05) is 15.9 Å². The average molecular weight is 427 g/mol. The average Bonchev–Trinajstić information content (AvgIpc) is 3.13. The summed E-state index contributed by atoms with van der Waals surface area (Å²) in [6.07, 6.45) is 3.27. The van der Waals surface area contributed by atoms with Gasteiger partial charge >= 0.3 is 0 Å². The van der Waals surface area contributed by atoms with Gasteiger partial charge in [-0.3, -0.25) is 9.10 Å². The number of nitrogens with zero attached hydrogens (tertiary/aromatic N) is 1. The zero-order valence-electron chi connectivity index (χ0n) is 16.9. The van der Waals surface area contributed by atoms with E-state index in [9.17, 15) is 17.6 Å². The van der Waals surface area contributed by atoms with E-state index in [1.54, 1.807) is 6.92 Å². The third kappa shape index (κ3) is 3.65. The van der Waals surface area contributed by atoms with Gasteiger partial charge in [-0.15, -0.1) is 0 Å². The highest BCUT2D eigenvalue weighted by atomic mass is 32.2. The lowest BCUT2D eigenvalue weighted by atomic mass is 10.0. The van der Waals surface area contributed by atoms with Gasteiger partial charge in [0.1, 0.15) is 11.9 Å². The van der Waals surface area contributed by atoms with Gasteiger partial charge in [0.25, 0.3) is 0 Å². The molecule has 3 aromatic rings. The Morgan fingerprint density at radius 1 is 1.07 bits per heavy atom. The van der Waals surface area contributed by atoms with E-state index in [1.165, 1.54) is 40.8 Å². The molecule has 0 heterocycles. The van der Waals surface area contributed by atoms with Gasteiger partial charge in [-0.25, -0.2) is 12.8 Å². The van der Waals surface area contributed by atoms with Gasteiger partial charge in [-0.2, -0.15) is 0 Å². The van der Waals surface area contributed by atoms with Crippen LogP contribution in [-0.4, -0.2) is 26.6 Å². The van der Waals surface area contributed by atoms with E-state index in [2.05, 4.69) is 11.4 Å². The summed E-state index contributed by atoms with van der Waals surface area (Å²) in [5, 5.41) is 5.06. The Labute approximate surface area is 175 Å². The quantitative estimate of drug-likeness (QED) is 0.640. The molecule has 1 atom stereocenters. The third-order valence-electron chi connectivity index (χ3n) is 5.55. The largest absolute Gasteiger partial charge is 0.324 e. The van der Waals surface area contributed by atoms with Crippen molar-refractivity contribution in [2.45, 2.75) is 32.2 Å². The minimum absolute atomic E-state index is 0.251. The zero-order chi connectivity index (χ0) is 21.5. The predicted molar refractivity (Wildman–Crippen MR) is 118 cm³/mol. The second-order valence-electron chi connectivity index (χ2n) is 7.56. The van der Waals surface area contributed by atoms with Gasteiger partial charge in [-0.05, 0) is 66.1 Å². The van der Waals surface area contributed by atoms with Gasteiger partial charge in [0, 0.05) is 11.1 Å². The summed E-state index contributed by atoms with van der Waals surface area (Å²) < 4.78 is 39.5. The number of amides is 1. The standard InChI is InChI=1S/C23H23FN2O3S/c1-3-21(26(30(2,28)29)18-12-10-17(24)11-13-18)23(27)25-20-14-9-16-8-7-15-5-4-6-19(20)22(15)16/h4-6,9-14,21H,3,7-8H2,1-2H3,(H,25,27)/t21-/m0/s1. The van der Waals surface area contributed by atoms with Crippen molar-refractivity contribution in [3.63, 3.8) is 0 Å². The molecule has 0 unspecified atom stereocenters. The van der Waals surface area contributed by atoms with Gasteiger partial charge in [0.15, 0.2) is 0 Å². The molecule has 0 saturated heterocycles. The van der Waals surface area contributed by atoms with Crippen molar-refractivity contribution in [3.05, 3.63) is 71.5 Å². The number of sulfonamides is 1. The third-order valence-corrected chi connectivity index (χ3v) is 6.73. The van der Waals surface area contributed by atoms with Gasteiger partial charge < -0.3 is 5.32 Å². The van der Waals surface area contributed by atoms with Crippen LogP contribution in [0.2, 0.25) is 0 Å². The van der Waals surface area contributed by atoms with E-state index < -0.39 is 27.8 Å². The molecule has 1 N–H and O–H groups in total. The van der Waals surface area contributed by atoms with Crippen LogP contribution in [-0.2, 0) is 27.7 Å². The fraction of sp³-hybridized carbons (Fsp3) is 0.261. The SMILES string of the molecule is CC[C@@H](C(=O)Nc1ccc2c3c(cccc13)CC2)N(c1ccc(F)cc1)S(C)(=O)=O. The molecule has 3 aromatic carbocycles. The van der Waals surface area contributed by atoms with Crippen LogP contribution in [0.4, 0.5) is 15.8 Å². The summed E-state index contributed by atoms with van der Waals surface area (Å²) in [5.41, 5.74) is 3.43. The normalized spacial score (nSPS) is 14.0. The topological polar surface area (TPSA) is 66.5 Å². The molecule has 1 aliphatic carbocycles. The Bertz CT molecular complexity index is 1210. The Morgan fingerprint density at radius 3 is 2.37 bits per heavy atom. The molecule has 30 heavy (non-hydrogen) atoms. The first-order valence-electron chi connectivity index (χ1n) is 9.89. The molecule has 0 aromatic heterocycles. The lowest BCUT2D eigenvalue weighted by Crippen LogP contribution is -2.47. The van der Waals surface area contributed by atoms with Crippen LogP contribution < -0.4 is 9.62 Å². The van der Waals surface area contributed by atoms with Crippen LogP contribution in [0.25, 0.3) is 10.8 Å². The number of benzene rings is 3. The fourth-order valence-electron chi connectivity index (χ4n) is 4.22. The van der Waals surface area contributed by atoms with Crippen LogP contribution >= 0.6 is 0 Å². The Kier molecular flexibility index (Phi) is 5.24. The van der Waals surface area contributed by atoms with E-state index in [1.807, 2.05) is 24.3 Å². The molecule has 0 bridgehead atoms. The number of hydrogen-bond donors (Lipinski definition) is 1. The summed E-state index contributed by atoms with van der Waals surface area (Å²) in [6, 6.07) is 14.1. The maximum atomic E-state index is 13.3. The number of rotatable bonds is 6. The Balaban J connectivity index is 1.71. The van der Waals surface area contributed by atoms with E-state index in [0.29, 0.717) is 5.69 Å². The van der Waals surface area contributed by atoms with Gasteiger partial charge in [-0.1, -0.05) is 31.2 Å². The minimum Gasteiger partial charge on any atom is -0.324 e. The molecule has 0 saturated carbocycles. The van der Waals surface area contributed by atoms with Crippen molar-refractivity contribution in [1.29, 1.82) is 0 Å². The molecule has 0 aliphatic heterocycles. The van der Waals surface area contributed by atoms with Crippen molar-refractivity contribution in [3.8, 4) is 0 Å². The number of anilines is 2. The van der Waals surface area contributed by atoms with Crippen molar-refractivity contribution < 1.29 is 17.6 Å². The summed E-state index contributed by atoms with van der Waals surface area (Å²) in [5.74, 6) is -0.900. The first-order valence-corrected chi connectivity index (χ1v) is 11.7. The molecule has 0 radical (unpaired) electrons. The molecule has 0 spiro atoms. The molecule has 1 aliphatic rings. The highest BCUT2D eigenvalue weighted by molar-refractivity contribution is 7.92. The molecule has 0 fully saturated rings. The monoisotopic (exact) mass is 426 g/mol. The van der Waals surface area contributed by atoms with Crippen molar-refractivity contribution in [2.24, 2.45) is 0 Å². The molecular weight excluding hydrogens is 403 g/mol. The number of aryl methyl sites for hydroxylation is 2. The summed E-state index contributed by atoms with van der Waals surface area (Å²) >= 11 is 0. The second kappa shape index (κ2) is 7.72. The summed E-state index contributed by atoms with van der Waals surface area (Å²) in [7, 11) is -3.78. The highest BCUT2D eigenvalue weighted by Gasteiger charge is 2.32. The van der Waals surface area contributed by atoms with E-state index in [-0.39, 0.29) is 12.1 Å². The highest BCUT2D eigenvalue weighted by Crippen LogP contribution is 2.35. The lowest BCUT2D eigenvalue weighted by molar-refractivity contribution is -0.117. The molecule has 156 valence electrons. The number of nitrogens with one attached hydrogen (secondary N) is 1. The Hall–Kier alpha value is -2.93. The lowest BCUT2D eigenvalue weighted by Gasteiger charge is -2.30. The number of carbonyl (C=O) groups excluding carboxylic acids is 1. The van der Waals surface area contributed by atoms with E-state index in [0.717, 1.165) is 28.8 Å². The number of hydrogen-bond acceptors (Lipinski definition) is 3. The van der Waals surface area contributed by atoms with Crippen LogP contribution in [0, 0.1) is 5.82 Å². The van der Waals surface area contributed by atoms with Crippen LogP contribution in [0.15, 0.2) is 54.6 Å². The maximum Gasteiger partial charge on any atom is 0.248 e. The number of halogens is 1. The number of carbonyl (C=O) groups is 1. The summed E-state index contributed by atoms with van der Waals surface area (Å²) in [6.45, 7) is 1.75. The van der Waals surface area contributed by atoms with Crippen LogP contribution in [0.1, 0.15) is 24.5 Å². The second-order valence-corrected chi connectivity index (χ2v) is 9.42. The van der Waals surface area contributed by atoms with Gasteiger partial charge in [0.2, 0.25) is 15.9 Å². The van der Waals surface area contributed by atoms with E-state index >= 15 is 0 Å². The van der Waals surface area contributed by atoms with Crippen molar-refractivity contribution in [1.82, 2.24) is 0 Å². The summed E-state index contributed by atoms with van der Waals surface area (Å²) in [4.78, 5) is 13.2. The molecule has 7 heteroatoms. The molecule has 1 amide bonds. The van der Waals surface area contributed by atoms with Crippen LogP contribution in [0.5, 0.6) is 0 Å². The van der Waals surface area contributed by atoms with E-state index in [4.69, 9.17) is 0 Å². The zero-order valence-corrected chi connectivity index (χ0v) is 17.7. The minimum atomic E-state index is -3.78. The van der Waals surface area contributed by atoms with Crippen LogP contribution in [0.3, 0.4) is 0 Å².